The van der Waals surface area contributed by atoms with Crippen molar-refractivity contribution in [3.05, 3.63) is 53.1 Å². The van der Waals surface area contributed by atoms with Crippen LogP contribution >= 0.6 is 11.6 Å². The van der Waals surface area contributed by atoms with E-state index < -0.39 is 28.5 Å². The molecule has 204 valence electrons. The summed E-state index contributed by atoms with van der Waals surface area (Å²) in [4.78, 5) is 28.2. The van der Waals surface area contributed by atoms with Gasteiger partial charge in [-0.1, -0.05) is 50.6 Å². The van der Waals surface area contributed by atoms with E-state index in [1.165, 1.54) is 31.3 Å². The van der Waals surface area contributed by atoms with Crippen LogP contribution in [0.3, 0.4) is 0 Å². The number of anilines is 1. The quantitative estimate of drug-likeness (QED) is 0.405. The van der Waals surface area contributed by atoms with Gasteiger partial charge >= 0.3 is 0 Å². The maximum atomic E-state index is 13.8. The SMILES string of the molecule is CC[C@@H](C(=O)NCC(C)C)N(Cc1ccccc1Cl)C(=O)CN(c1ccc(OC)c(OC)c1)S(C)(=O)=O. The maximum Gasteiger partial charge on any atom is 0.244 e. The zero-order valence-corrected chi connectivity index (χ0v) is 23.7. The van der Waals surface area contributed by atoms with Gasteiger partial charge in [0.25, 0.3) is 0 Å². The van der Waals surface area contributed by atoms with Gasteiger partial charge in [-0.25, -0.2) is 8.42 Å². The van der Waals surface area contributed by atoms with Crippen LogP contribution in [0.4, 0.5) is 5.69 Å². The number of halogens is 1. The van der Waals surface area contributed by atoms with Crippen molar-refractivity contribution in [2.75, 3.05) is 37.9 Å². The third-order valence-electron chi connectivity index (χ3n) is 5.70. The van der Waals surface area contributed by atoms with Crippen LogP contribution in [0.1, 0.15) is 32.8 Å². The van der Waals surface area contributed by atoms with Crippen LogP contribution in [0.2, 0.25) is 5.02 Å². The molecular formula is C26H36ClN3O6S. The van der Waals surface area contributed by atoms with Crippen molar-refractivity contribution in [3.8, 4) is 11.5 Å². The van der Waals surface area contributed by atoms with Crippen molar-refractivity contribution >= 4 is 39.1 Å². The van der Waals surface area contributed by atoms with Gasteiger partial charge in [0, 0.05) is 24.2 Å². The van der Waals surface area contributed by atoms with E-state index in [1.54, 1.807) is 37.3 Å². The Bertz CT molecular complexity index is 1190. The fraction of sp³-hybridized carbons (Fsp3) is 0.462. The number of sulfonamides is 1. The number of carbonyl (C=O) groups excluding carboxylic acids is 2. The summed E-state index contributed by atoms with van der Waals surface area (Å²) in [6.07, 6.45) is 1.34. The summed E-state index contributed by atoms with van der Waals surface area (Å²) in [5.74, 6) is 0.0908. The second-order valence-electron chi connectivity index (χ2n) is 8.99. The molecule has 0 heterocycles. The second-order valence-corrected chi connectivity index (χ2v) is 11.3. The van der Waals surface area contributed by atoms with E-state index in [2.05, 4.69) is 5.32 Å². The fourth-order valence-electron chi connectivity index (χ4n) is 3.75. The van der Waals surface area contributed by atoms with Crippen molar-refractivity contribution in [2.45, 2.75) is 39.8 Å². The van der Waals surface area contributed by atoms with Crippen LogP contribution in [-0.2, 0) is 26.2 Å². The standard InChI is InChI=1S/C26H36ClN3O6S/c1-7-22(26(32)28-15-18(2)3)29(16-19-10-8-9-11-21(19)27)25(31)17-30(37(6,33)34)20-12-13-23(35-4)24(14-20)36-5/h8-14,18,22H,7,15-17H2,1-6H3,(H,28,32)/t22-/m0/s1. The molecule has 0 aliphatic heterocycles. The molecule has 0 saturated heterocycles. The molecule has 1 N–H and O–H groups in total. The number of benzene rings is 2. The number of hydrogen-bond donors (Lipinski definition) is 1. The van der Waals surface area contributed by atoms with E-state index in [0.29, 0.717) is 35.1 Å². The van der Waals surface area contributed by atoms with Gasteiger partial charge < -0.3 is 19.7 Å². The number of rotatable bonds is 13. The Labute approximate surface area is 224 Å². The van der Waals surface area contributed by atoms with Gasteiger partial charge in [-0.2, -0.15) is 0 Å². The van der Waals surface area contributed by atoms with E-state index in [9.17, 15) is 18.0 Å². The molecule has 0 aliphatic carbocycles. The van der Waals surface area contributed by atoms with Gasteiger partial charge in [-0.05, 0) is 36.1 Å². The number of nitrogens with one attached hydrogen (secondary N) is 1. The van der Waals surface area contributed by atoms with Crippen molar-refractivity contribution in [2.24, 2.45) is 5.92 Å². The largest absolute Gasteiger partial charge is 0.493 e. The topological polar surface area (TPSA) is 105 Å². The molecule has 9 nitrogen and oxygen atoms in total. The number of carbonyl (C=O) groups is 2. The van der Waals surface area contributed by atoms with Gasteiger partial charge in [0.2, 0.25) is 21.8 Å². The molecule has 0 unspecified atom stereocenters. The Morgan fingerprint density at radius 2 is 1.70 bits per heavy atom. The molecule has 2 rings (SSSR count). The van der Waals surface area contributed by atoms with E-state index in [1.807, 2.05) is 13.8 Å². The minimum Gasteiger partial charge on any atom is -0.493 e. The number of ether oxygens (including phenoxy) is 2. The molecule has 0 bridgehead atoms. The molecule has 2 amide bonds. The summed E-state index contributed by atoms with van der Waals surface area (Å²) in [6.45, 7) is 5.71. The summed E-state index contributed by atoms with van der Waals surface area (Å²) in [6, 6.07) is 10.8. The number of nitrogens with zero attached hydrogens (tertiary/aromatic N) is 2. The van der Waals surface area contributed by atoms with Crippen LogP contribution in [0.25, 0.3) is 0 Å². The predicted molar refractivity (Wildman–Crippen MR) is 146 cm³/mol. The maximum absolute atomic E-state index is 13.8. The Morgan fingerprint density at radius 3 is 2.24 bits per heavy atom. The lowest BCUT2D eigenvalue weighted by Gasteiger charge is -2.33. The second kappa shape index (κ2) is 13.5. The molecule has 11 heteroatoms. The minimum absolute atomic E-state index is 0.0373. The van der Waals surface area contributed by atoms with E-state index in [-0.39, 0.29) is 24.1 Å². The monoisotopic (exact) mass is 553 g/mol. The summed E-state index contributed by atoms with van der Waals surface area (Å²) >= 11 is 6.37. The van der Waals surface area contributed by atoms with E-state index >= 15 is 0 Å². The zero-order valence-electron chi connectivity index (χ0n) is 22.2. The van der Waals surface area contributed by atoms with Gasteiger partial charge in [0.15, 0.2) is 11.5 Å². The molecule has 2 aromatic carbocycles. The first-order valence-electron chi connectivity index (χ1n) is 11.9. The molecule has 0 aromatic heterocycles. The number of amides is 2. The van der Waals surface area contributed by atoms with Crippen LogP contribution < -0.4 is 19.1 Å². The summed E-state index contributed by atoms with van der Waals surface area (Å²) < 4.78 is 37.1. The molecule has 0 radical (unpaired) electrons. The first-order chi connectivity index (χ1) is 17.4. The van der Waals surface area contributed by atoms with Crippen molar-refractivity contribution in [1.82, 2.24) is 10.2 Å². The summed E-state index contributed by atoms with van der Waals surface area (Å²) in [7, 11) is -0.979. The zero-order chi connectivity index (χ0) is 27.8. The Kier molecular flexibility index (Phi) is 11.1. The lowest BCUT2D eigenvalue weighted by molar-refractivity contribution is -0.140. The predicted octanol–water partition coefficient (Wildman–Crippen LogP) is 3.70. The lowest BCUT2D eigenvalue weighted by atomic mass is 10.1. The molecule has 1 atom stereocenters. The van der Waals surface area contributed by atoms with Crippen molar-refractivity contribution in [1.29, 1.82) is 0 Å². The molecule has 0 saturated carbocycles. The van der Waals surface area contributed by atoms with E-state index in [4.69, 9.17) is 21.1 Å². The molecule has 0 spiro atoms. The first-order valence-corrected chi connectivity index (χ1v) is 14.2. The highest BCUT2D eigenvalue weighted by Crippen LogP contribution is 2.32. The lowest BCUT2D eigenvalue weighted by Crippen LogP contribution is -2.52. The minimum atomic E-state index is -3.88. The highest BCUT2D eigenvalue weighted by Gasteiger charge is 2.32. The average Bonchev–Trinajstić information content (AvgIpc) is 2.85. The smallest absolute Gasteiger partial charge is 0.244 e. The third-order valence-corrected chi connectivity index (χ3v) is 7.21. The molecular weight excluding hydrogens is 518 g/mol. The normalized spacial score (nSPS) is 12.1. The Balaban J connectivity index is 2.48. The Hall–Kier alpha value is -2.98. The van der Waals surface area contributed by atoms with Crippen molar-refractivity contribution < 1.29 is 27.5 Å². The van der Waals surface area contributed by atoms with Gasteiger partial charge in [-0.3, -0.25) is 13.9 Å². The third kappa shape index (κ3) is 8.26. The van der Waals surface area contributed by atoms with Crippen molar-refractivity contribution in [3.63, 3.8) is 0 Å². The summed E-state index contributed by atoms with van der Waals surface area (Å²) in [5.41, 5.74) is 0.869. The molecule has 2 aromatic rings. The van der Waals surface area contributed by atoms with Gasteiger partial charge in [-0.15, -0.1) is 0 Å². The highest BCUT2D eigenvalue weighted by atomic mass is 35.5. The molecule has 0 fully saturated rings. The van der Waals surface area contributed by atoms with E-state index in [0.717, 1.165) is 10.6 Å². The van der Waals surface area contributed by atoms with Crippen LogP contribution in [0.15, 0.2) is 42.5 Å². The number of methoxy groups -OCH3 is 2. The van der Waals surface area contributed by atoms with Crippen LogP contribution in [0, 0.1) is 5.92 Å². The van der Waals surface area contributed by atoms with Crippen LogP contribution in [0.5, 0.6) is 11.5 Å². The summed E-state index contributed by atoms with van der Waals surface area (Å²) in [5, 5.41) is 3.33. The average molecular weight is 554 g/mol. The Morgan fingerprint density at radius 1 is 1.05 bits per heavy atom. The number of hydrogen-bond acceptors (Lipinski definition) is 6. The fourth-order valence-corrected chi connectivity index (χ4v) is 4.78. The molecule has 37 heavy (non-hydrogen) atoms. The van der Waals surface area contributed by atoms with Gasteiger partial charge in [0.05, 0.1) is 26.2 Å². The first kappa shape index (κ1) is 30.2. The molecule has 0 aliphatic rings. The highest BCUT2D eigenvalue weighted by molar-refractivity contribution is 7.92. The van der Waals surface area contributed by atoms with Crippen LogP contribution in [-0.4, -0.2) is 64.7 Å². The van der Waals surface area contributed by atoms with Gasteiger partial charge in [0.1, 0.15) is 12.6 Å².